The van der Waals surface area contributed by atoms with Crippen molar-refractivity contribution < 1.29 is 51.1 Å². The zero-order valence-electron chi connectivity index (χ0n) is 68.6. The third-order valence-corrected chi connectivity index (χ3v) is 17.1. The number of para-hydroxylation sites is 2. The normalized spacial score (nSPS) is 9.81. The fraction of sp³-hybridized carbons (Fsp3) is 0.208. The Bertz CT molecular complexity index is 4630. The Balaban J connectivity index is 0.000000617. The largest absolute Gasteiger partial charge is 0.508 e. The highest BCUT2D eigenvalue weighted by atomic mass is 16.3. The molecule has 10 rings (SSSR count). The first-order chi connectivity index (χ1) is 52.3. The van der Waals surface area contributed by atoms with Crippen LogP contribution in [-0.4, -0.2) is 51.1 Å². The van der Waals surface area contributed by atoms with E-state index in [0.717, 1.165) is 147 Å². The van der Waals surface area contributed by atoms with Crippen LogP contribution in [0.1, 0.15) is 193 Å². The molecule has 0 radical (unpaired) electrons. The summed E-state index contributed by atoms with van der Waals surface area (Å²) in [7, 11) is 0. The summed E-state index contributed by atoms with van der Waals surface area (Å²) in [6, 6.07) is 55.4. The molecule has 10 aromatic rings. The van der Waals surface area contributed by atoms with Crippen LogP contribution in [0.4, 0.5) is 0 Å². The molecule has 0 amide bonds. The summed E-state index contributed by atoms with van der Waals surface area (Å²) >= 11 is 0. The van der Waals surface area contributed by atoms with Crippen LogP contribution in [0.25, 0.3) is 59.3 Å². The molecular weight excluding hydrogens is 1370 g/mol. The van der Waals surface area contributed by atoms with Crippen molar-refractivity contribution >= 4 is 59.3 Å². The van der Waals surface area contributed by atoms with E-state index < -0.39 is 0 Å². The third-order valence-electron chi connectivity index (χ3n) is 17.1. The number of phenolic OH excluding ortho intramolecular Hbond substituents is 10. The van der Waals surface area contributed by atoms with Crippen molar-refractivity contribution in [2.24, 2.45) is 0 Å². The predicted molar refractivity (Wildman–Crippen MR) is 480 cm³/mol. The summed E-state index contributed by atoms with van der Waals surface area (Å²) in [5.41, 5.74) is 22.0. The lowest BCUT2D eigenvalue weighted by atomic mass is 9.85. The first kappa shape index (κ1) is 96.6. The number of aromatic hydroxyl groups is 10. The van der Waals surface area contributed by atoms with Crippen molar-refractivity contribution in [3.63, 3.8) is 0 Å². The van der Waals surface area contributed by atoms with Crippen LogP contribution >= 0.6 is 0 Å². The Kier molecular flexibility index (Phi) is 43.1. The van der Waals surface area contributed by atoms with Gasteiger partial charge in [-0.05, 0) is 265 Å². The van der Waals surface area contributed by atoms with Crippen LogP contribution in [0.15, 0.2) is 248 Å². The van der Waals surface area contributed by atoms with E-state index in [9.17, 15) is 51.1 Å². The second kappa shape index (κ2) is 49.5. The lowest BCUT2D eigenvalue weighted by Gasteiger charge is -2.20. The minimum Gasteiger partial charge on any atom is -0.508 e. The number of benzene rings is 10. The van der Waals surface area contributed by atoms with E-state index in [2.05, 4.69) is 100 Å². The smallest absolute Gasteiger partial charge is 0.125 e. The van der Waals surface area contributed by atoms with E-state index in [1.165, 1.54) is 0 Å². The van der Waals surface area contributed by atoms with Crippen molar-refractivity contribution in [3.8, 4) is 57.5 Å². The summed E-state index contributed by atoms with van der Waals surface area (Å²) in [5, 5.41) is 93.7. The molecule has 0 spiro atoms. The van der Waals surface area contributed by atoms with Gasteiger partial charge in [-0.2, -0.15) is 0 Å². The topological polar surface area (TPSA) is 202 Å². The maximum Gasteiger partial charge on any atom is 0.125 e. The minimum absolute atomic E-state index is 0.0247. The van der Waals surface area contributed by atoms with Gasteiger partial charge in [0.1, 0.15) is 57.5 Å². The first-order valence-corrected chi connectivity index (χ1v) is 36.7. The number of hydrogen-bond acceptors (Lipinski definition) is 10. The standard InChI is InChI=1S/C12H16O.2C11H14O.4C10H12O.3C9H10O/c1-5-9-6-7-11(13)10(8-9)12(2,3)4;1-4-9-7-10(8(2)3)5-6-11(9)12;1-4-9-5-6-11(12)10(7-9)8(2)3;1-7(2)9-5-4-8(3)6-10(9)11;1-7(2)9-6-4-5-8(3)10(9)11;2*1-3-8-5-6-10(11)9(4-2)7-8;1-3-8-5-4-7(2)6-9(8)10;1-3-8-5-4-6-9(10)7(8)2;1-3-8-6-4-5-7(2)9(8)10/h5-8,13H,1H2,2-4H3;5-7,12H,2,4H2,1,3H3;4-8,12H,1H2,2-3H3;2*4-6,11H,1H2,2-3H3;2*3,5-7,11H,1,4H2,2H3;3*3-6,10H,1H2,2H3. The Morgan fingerprint density at radius 2 is 0.739 bits per heavy atom. The molecule has 0 aromatic heterocycles. The maximum atomic E-state index is 9.63. The quantitative estimate of drug-likeness (QED) is 0.0499. The van der Waals surface area contributed by atoms with Crippen LogP contribution in [0.3, 0.4) is 0 Å². The maximum absolute atomic E-state index is 9.63. The van der Waals surface area contributed by atoms with E-state index in [1.807, 2.05) is 204 Å². The molecule has 111 heavy (non-hydrogen) atoms. The van der Waals surface area contributed by atoms with Gasteiger partial charge in [-0.3, -0.25) is 0 Å². The summed E-state index contributed by atoms with van der Waals surface area (Å²) in [5.74, 6) is 3.83. The number of allylic oxidation sites excluding steroid dienone is 3. The third kappa shape index (κ3) is 33.7. The number of aryl methyl sites for hydroxylation is 7. The second-order valence-corrected chi connectivity index (χ2v) is 27.5. The van der Waals surface area contributed by atoms with Crippen molar-refractivity contribution in [2.45, 2.75) is 141 Å². The summed E-state index contributed by atoms with van der Waals surface area (Å²) in [4.78, 5) is 0. The fourth-order valence-corrected chi connectivity index (χ4v) is 10.1. The average Bonchev–Trinajstić information content (AvgIpc) is 0.819. The zero-order chi connectivity index (χ0) is 84.4. The molecule has 10 nitrogen and oxygen atoms in total. The monoisotopic (exact) mass is 1490 g/mol. The lowest BCUT2D eigenvalue weighted by molar-refractivity contribution is 0.446. The molecule has 0 aliphatic heterocycles. The van der Waals surface area contributed by atoms with E-state index >= 15 is 0 Å². The van der Waals surface area contributed by atoms with Gasteiger partial charge in [0, 0.05) is 22.3 Å². The van der Waals surface area contributed by atoms with Gasteiger partial charge in [0.15, 0.2) is 0 Å². The molecule has 0 bridgehead atoms. The highest BCUT2D eigenvalue weighted by Crippen LogP contribution is 2.33. The Morgan fingerprint density at radius 3 is 1.14 bits per heavy atom. The van der Waals surface area contributed by atoms with Gasteiger partial charge >= 0.3 is 0 Å². The van der Waals surface area contributed by atoms with Crippen LogP contribution < -0.4 is 0 Å². The summed E-state index contributed by atoms with van der Waals surface area (Å²) < 4.78 is 0. The fourth-order valence-electron chi connectivity index (χ4n) is 10.1. The van der Waals surface area contributed by atoms with Crippen molar-refractivity contribution in [1.82, 2.24) is 0 Å². The molecule has 10 heteroatoms. The Hall–Kier alpha value is -12.4. The SMILES string of the molecule is C=C(C)c1ccc(C)cc1O.C=C(C)c1ccc(O)c(CC)c1.C=C(C)c1cccc(C)c1O.C=Cc1ccc(C)cc1O.C=Cc1ccc(O)c(C(C)(C)C)c1.C=Cc1ccc(O)c(C(C)C)c1.C=Cc1ccc(O)c(CC)c1.C=Cc1ccc(O)c(CC)c1.C=Cc1cccc(C)c1O.C=Cc1cccc(O)c1C. The summed E-state index contributed by atoms with van der Waals surface area (Å²) in [6.07, 6.45) is 14.7. The Morgan fingerprint density at radius 1 is 0.342 bits per heavy atom. The van der Waals surface area contributed by atoms with Gasteiger partial charge in [-0.1, -0.05) is 272 Å². The van der Waals surface area contributed by atoms with Crippen molar-refractivity contribution in [1.29, 1.82) is 0 Å². The molecule has 10 aromatic carbocycles. The average molecular weight is 1500 g/mol. The molecule has 586 valence electrons. The van der Waals surface area contributed by atoms with Gasteiger partial charge in [0.2, 0.25) is 0 Å². The molecule has 0 saturated heterocycles. The number of rotatable bonds is 14. The zero-order valence-corrected chi connectivity index (χ0v) is 68.6. The predicted octanol–water partition coefficient (Wildman–Crippen LogP) is 27.2. The van der Waals surface area contributed by atoms with E-state index in [1.54, 1.807) is 97.1 Å². The van der Waals surface area contributed by atoms with Crippen LogP contribution in [0.5, 0.6) is 57.5 Å². The molecule has 0 unspecified atom stereocenters. The van der Waals surface area contributed by atoms with Gasteiger partial charge in [-0.15, -0.1) is 0 Å². The van der Waals surface area contributed by atoms with E-state index in [4.69, 9.17) is 0 Å². The van der Waals surface area contributed by atoms with Gasteiger partial charge in [-0.25, -0.2) is 0 Å². The van der Waals surface area contributed by atoms with Crippen molar-refractivity contribution in [2.75, 3.05) is 0 Å². The molecule has 10 N–H and O–H groups in total. The molecule has 0 aliphatic rings. The Labute approximate surface area is 664 Å². The summed E-state index contributed by atoms with van der Waals surface area (Å²) in [6.45, 7) is 68.4. The molecule has 0 fully saturated rings. The van der Waals surface area contributed by atoms with Crippen LogP contribution in [-0.2, 0) is 24.7 Å². The number of hydrogen-bond donors (Lipinski definition) is 10. The van der Waals surface area contributed by atoms with E-state index in [-0.39, 0.29) is 5.41 Å². The van der Waals surface area contributed by atoms with Gasteiger partial charge in [0.25, 0.3) is 0 Å². The number of phenols is 10. The van der Waals surface area contributed by atoms with Gasteiger partial charge < -0.3 is 51.1 Å². The highest BCUT2D eigenvalue weighted by molar-refractivity contribution is 5.69. The lowest BCUT2D eigenvalue weighted by Crippen LogP contribution is -2.11. The van der Waals surface area contributed by atoms with Crippen LogP contribution in [0, 0.1) is 34.6 Å². The van der Waals surface area contributed by atoms with E-state index in [0.29, 0.717) is 63.4 Å². The molecule has 0 heterocycles. The molecule has 0 saturated carbocycles. The second-order valence-electron chi connectivity index (χ2n) is 27.5. The van der Waals surface area contributed by atoms with Gasteiger partial charge in [0.05, 0.1) is 0 Å². The molecule has 0 aliphatic carbocycles. The highest BCUT2D eigenvalue weighted by Gasteiger charge is 2.18. The minimum atomic E-state index is -0.0247. The van der Waals surface area contributed by atoms with Crippen LogP contribution in [0.2, 0.25) is 0 Å². The first-order valence-electron chi connectivity index (χ1n) is 36.7. The molecule has 0 atom stereocenters. The molecular formula is C101H122O10. The van der Waals surface area contributed by atoms with Crippen molar-refractivity contribution in [3.05, 3.63) is 359 Å².